The van der Waals surface area contributed by atoms with Crippen LogP contribution in [-0.2, 0) is 20.4 Å². The maximum atomic E-state index is 4.72. The van der Waals surface area contributed by atoms with E-state index in [0.29, 0.717) is 0 Å². The average Bonchev–Trinajstić information content (AvgIpc) is 0.918. The van der Waals surface area contributed by atoms with Gasteiger partial charge in [0.25, 0.3) is 0 Å². The molecule has 0 aliphatic heterocycles. The van der Waals surface area contributed by atoms with Gasteiger partial charge < -0.3 is 6.58 Å². The molecule has 0 aromatic heterocycles. The Morgan fingerprint density at radius 2 is 1.75 bits per heavy atom. The molecule has 0 unspecified atom stereocenters. The summed E-state index contributed by atoms with van der Waals surface area (Å²) in [6.07, 6.45) is 1.50. The Morgan fingerprint density at radius 1 is 1.75 bits per heavy atom. The Balaban J connectivity index is 0. The van der Waals surface area contributed by atoms with Gasteiger partial charge in [0.15, 0.2) is 0 Å². The Labute approximate surface area is 40.6 Å². The number of allylic oxidation sites excluding steroid dienone is 1. The van der Waals surface area contributed by atoms with Gasteiger partial charge >= 0.3 is 0 Å². The zero-order valence-corrected chi connectivity index (χ0v) is 4.03. The van der Waals surface area contributed by atoms with Crippen LogP contribution < -0.4 is 0 Å². The van der Waals surface area contributed by atoms with Crippen LogP contribution in [0, 0.1) is 6.58 Å². The van der Waals surface area contributed by atoms with Crippen LogP contribution in [0.25, 0.3) is 0 Å². The molecule has 1 heteroatoms. The molecule has 0 radical (unpaired) electrons. The summed E-state index contributed by atoms with van der Waals surface area (Å²) in [6.45, 7) is 6.50. The van der Waals surface area contributed by atoms with Crippen molar-refractivity contribution in [3.63, 3.8) is 0 Å². The van der Waals surface area contributed by atoms with E-state index in [-0.39, 0.29) is 20.4 Å². The van der Waals surface area contributed by atoms with Crippen LogP contribution >= 0.6 is 0 Å². The fourth-order valence-electron chi connectivity index (χ4n) is 0. The standard InChI is InChI=1S/C3H5.Pd/c1-3-2;/h1,3H,2H3;/q-1;. The molecule has 0 amide bonds. The molecule has 0 spiro atoms. The minimum absolute atomic E-state index is 0. The molecule has 0 bridgehead atoms. The predicted octanol–water partition coefficient (Wildman–Crippen LogP) is 0.993. The van der Waals surface area contributed by atoms with Gasteiger partial charge in [-0.25, -0.2) is 0 Å². The SMILES string of the molecule is [CH-]=CC.[Pd]. The first kappa shape index (κ1) is 8.83. The third kappa shape index (κ3) is 29.2. The maximum absolute atomic E-state index is 4.72. The predicted molar refractivity (Wildman–Crippen MR) is 14.5 cm³/mol. The summed E-state index contributed by atoms with van der Waals surface area (Å²) in [5.41, 5.74) is 0. The minimum Gasteiger partial charge on any atom is -0.518 e. The first-order chi connectivity index (χ1) is 1.41. The molecule has 0 atom stereocenters. The van der Waals surface area contributed by atoms with Crippen LogP contribution in [0.5, 0.6) is 0 Å². The molecule has 0 saturated carbocycles. The molecular weight excluding hydrogens is 142 g/mol. The zero-order valence-electron chi connectivity index (χ0n) is 2.47. The summed E-state index contributed by atoms with van der Waals surface area (Å²) in [5.74, 6) is 0. The summed E-state index contributed by atoms with van der Waals surface area (Å²) in [6, 6.07) is 0. The zero-order chi connectivity index (χ0) is 2.71. The van der Waals surface area contributed by atoms with Crippen molar-refractivity contribution in [2.24, 2.45) is 0 Å². The van der Waals surface area contributed by atoms with Crippen molar-refractivity contribution in [3.8, 4) is 0 Å². The second kappa shape index (κ2) is 9.98. The fraction of sp³-hybridized carbons (Fsp3) is 0.333. The van der Waals surface area contributed by atoms with E-state index in [4.69, 9.17) is 6.58 Å². The second-order valence-corrected chi connectivity index (χ2v) is 0.333. The van der Waals surface area contributed by atoms with Crippen molar-refractivity contribution in [1.82, 2.24) is 0 Å². The molecule has 0 nitrogen and oxygen atoms in total. The average molecular weight is 147 g/mol. The van der Waals surface area contributed by atoms with Crippen LogP contribution in [0.4, 0.5) is 0 Å². The van der Waals surface area contributed by atoms with Gasteiger partial charge in [0, 0.05) is 20.4 Å². The van der Waals surface area contributed by atoms with Gasteiger partial charge in [-0.05, 0) is 0 Å². The number of rotatable bonds is 0. The molecule has 4 heavy (non-hydrogen) atoms. The van der Waals surface area contributed by atoms with Gasteiger partial charge in [-0.3, -0.25) is 6.08 Å². The summed E-state index contributed by atoms with van der Waals surface area (Å²) < 4.78 is 0. The normalized spacial score (nSPS) is 3.25. The fourth-order valence-corrected chi connectivity index (χ4v) is 0. The van der Waals surface area contributed by atoms with Crippen LogP contribution in [0.3, 0.4) is 0 Å². The molecule has 0 saturated heterocycles. The summed E-state index contributed by atoms with van der Waals surface area (Å²) in [4.78, 5) is 0. The van der Waals surface area contributed by atoms with Crippen molar-refractivity contribution in [3.05, 3.63) is 12.7 Å². The van der Waals surface area contributed by atoms with Crippen LogP contribution in [0.15, 0.2) is 6.08 Å². The molecule has 0 rings (SSSR count). The number of hydrogen-bond donors (Lipinski definition) is 0. The van der Waals surface area contributed by atoms with Gasteiger partial charge in [-0.1, -0.05) is 6.92 Å². The van der Waals surface area contributed by atoms with E-state index in [1.165, 1.54) is 6.08 Å². The van der Waals surface area contributed by atoms with E-state index in [1.807, 2.05) is 0 Å². The van der Waals surface area contributed by atoms with Crippen LogP contribution in [0.2, 0.25) is 0 Å². The number of hydrogen-bond acceptors (Lipinski definition) is 0. The van der Waals surface area contributed by atoms with E-state index in [0.717, 1.165) is 0 Å². The van der Waals surface area contributed by atoms with E-state index in [9.17, 15) is 0 Å². The van der Waals surface area contributed by atoms with Gasteiger partial charge in [0.1, 0.15) is 0 Å². The Hall–Kier alpha value is 0.402. The third-order valence-electron chi connectivity index (χ3n) is 0. The molecule has 0 N–H and O–H groups in total. The van der Waals surface area contributed by atoms with Gasteiger partial charge in [-0.2, -0.15) is 0 Å². The first-order valence-corrected chi connectivity index (χ1v) is 0.911. The van der Waals surface area contributed by atoms with Crippen LogP contribution in [-0.4, -0.2) is 0 Å². The van der Waals surface area contributed by atoms with Crippen LogP contribution in [0.1, 0.15) is 6.92 Å². The third-order valence-corrected chi connectivity index (χ3v) is 0. The van der Waals surface area contributed by atoms with E-state index >= 15 is 0 Å². The molecule has 0 aliphatic carbocycles. The summed E-state index contributed by atoms with van der Waals surface area (Å²) in [5, 5.41) is 0. The largest absolute Gasteiger partial charge is 0.518 e. The topological polar surface area (TPSA) is 0 Å². The summed E-state index contributed by atoms with van der Waals surface area (Å²) in [7, 11) is 0. The molecule has 0 aromatic rings. The van der Waals surface area contributed by atoms with Crippen molar-refractivity contribution >= 4 is 0 Å². The van der Waals surface area contributed by atoms with E-state index < -0.39 is 0 Å². The van der Waals surface area contributed by atoms with Gasteiger partial charge in [0.2, 0.25) is 0 Å². The van der Waals surface area contributed by atoms with Crippen molar-refractivity contribution < 1.29 is 20.4 Å². The Kier molecular flexibility index (Phi) is 22.0. The molecular formula is C3H5Pd-. The van der Waals surface area contributed by atoms with Crippen molar-refractivity contribution in [1.29, 1.82) is 0 Å². The summed E-state index contributed by atoms with van der Waals surface area (Å²) >= 11 is 0. The van der Waals surface area contributed by atoms with Gasteiger partial charge in [-0.15, -0.1) is 0 Å². The van der Waals surface area contributed by atoms with Crippen molar-refractivity contribution in [2.45, 2.75) is 6.92 Å². The minimum atomic E-state index is 0. The molecule has 0 aromatic carbocycles. The second-order valence-electron chi connectivity index (χ2n) is 0.333. The molecule has 28 valence electrons. The Bertz CT molecular complexity index is 10.8. The molecule has 0 aliphatic rings. The molecule has 0 fully saturated rings. The smallest absolute Gasteiger partial charge is 0 e. The van der Waals surface area contributed by atoms with Crippen molar-refractivity contribution in [2.75, 3.05) is 0 Å². The van der Waals surface area contributed by atoms with E-state index in [1.54, 1.807) is 6.92 Å². The van der Waals surface area contributed by atoms with E-state index in [2.05, 4.69) is 0 Å². The quantitative estimate of drug-likeness (QED) is 0.354. The molecule has 0 heterocycles. The monoisotopic (exact) mass is 147 g/mol. The first-order valence-electron chi connectivity index (χ1n) is 0.911. The maximum Gasteiger partial charge on any atom is 0 e. The Morgan fingerprint density at radius 3 is 1.75 bits per heavy atom. The van der Waals surface area contributed by atoms with Gasteiger partial charge in [0.05, 0.1) is 0 Å².